The molecule has 7 rings (SSSR count). The molecule has 414 valence electrons. The molecule has 2 aromatic carbocycles. The van der Waals surface area contributed by atoms with Gasteiger partial charge in [-0.05, 0) is 95.6 Å². The largest absolute Gasteiger partial charge is 0.508 e. The minimum atomic E-state index is -3.44. The number of ether oxygens (including phenoxy) is 2. The van der Waals surface area contributed by atoms with Gasteiger partial charge in [0.1, 0.15) is 40.6 Å². The van der Waals surface area contributed by atoms with Gasteiger partial charge in [-0.15, -0.1) is 6.42 Å². The van der Waals surface area contributed by atoms with E-state index < -0.39 is 23.3 Å². The number of nitrogens with zero attached hydrogens (tertiary/aromatic N) is 5. The van der Waals surface area contributed by atoms with Crippen LogP contribution in [0.1, 0.15) is 168 Å². The van der Waals surface area contributed by atoms with Gasteiger partial charge in [0, 0.05) is 55.5 Å². The number of anilines is 1. The summed E-state index contributed by atoms with van der Waals surface area (Å²) in [4.78, 5) is 39.0. The number of aromatic nitrogens is 3. The highest BCUT2D eigenvalue weighted by atomic mass is 19.3. The summed E-state index contributed by atoms with van der Waals surface area (Å²) in [5, 5.41) is 24.9. The number of ketones is 1. The maximum Gasteiger partial charge on any atom is 0.319 e. The highest BCUT2D eigenvalue weighted by Gasteiger charge is 2.48. The van der Waals surface area contributed by atoms with Crippen molar-refractivity contribution in [2.24, 2.45) is 0 Å². The van der Waals surface area contributed by atoms with Gasteiger partial charge in [0.2, 0.25) is 11.7 Å². The number of halogens is 4. The van der Waals surface area contributed by atoms with Gasteiger partial charge >= 0.3 is 11.9 Å². The number of Topliss-reactive ketones (excluding diaryl/α,β-unsaturated/α-hetero) is 1. The Balaban J connectivity index is 0.000000419. The predicted molar refractivity (Wildman–Crippen MR) is 290 cm³/mol. The number of carbonyl (C=O) groups excluding carboxylic acids is 1. The molecule has 4 atom stereocenters. The molecule has 4 N–H and O–H groups in total. The smallest absolute Gasteiger partial charge is 0.319 e. The fourth-order valence-corrected chi connectivity index (χ4v) is 11.1. The average Bonchev–Trinajstić information content (AvgIpc) is 3.96. The van der Waals surface area contributed by atoms with Crippen LogP contribution in [-0.4, -0.2) is 119 Å². The second-order valence-electron chi connectivity index (χ2n) is 20.7. The molecule has 2 aromatic heterocycles. The van der Waals surface area contributed by atoms with Crippen LogP contribution >= 0.6 is 0 Å². The van der Waals surface area contributed by atoms with E-state index >= 15 is 8.78 Å². The lowest BCUT2D eigenvalue weighted by Gasteiger charge is -2.40. The molecule has 3 aliphatic rings. The van der Waals surface area contributed by atoms with Crippen molar-refractivity contribution in [3.8, 4) is 41.2 Å². The van der Waals surface area contributed by atoms with E-state index in [-0.39, 0.29) is 107 Å². The van der Waals surface area contributed by atoms with Gasteiger partial charge in [0.05, 0.1) is 18.2 Å². The number of aromatic hydroxyl groups is 1. The average molecular weight is 1050 g/mol. The lowest BCUT2D eigenvalue weighted by atomic mass is 9.95. The highest BCUT2D eigenvalue weighted by molar-refractivity contribution is 6.04. The second-order valence-corrected chi connectivity index (χ2v) is 20.7. The number of rotatable bonds is 26. The number of fused-ring (bicyclic) bond motifs is 3. The van der Waals surface area contributed by atoms with Crippen molar-refractivity contribution >= 4 is 39.7 Å². The van der Waals surface area contributed by atoms with E-state index in [9.17, 15) is 18.7 Å². The molecule has 3 saturated heterocycles. The van der Waals surface area contributed by atoms with Crippen molar-refractivity contribution in [1.29, 1.82) is 0 Å². The number of pyridine rings is 1. The standard InChI is InChI=1S/C40H44F4N6O4.C17H37N.CH2O2/c1-6-24-19-49(20-25(45-24)10-12-30(52)39(4,43)44)36-32-35(47-38(48-36)54-21-40-14-8-16-50(40)22(3)13-15-40)33(42)34(46-37(32)53-5)28-18-26(51)17-23-9-11-29(41)27(7-2)31(23)28;1-3-4-5-6-7-8-9-10-11-12-13-14-15-16-17-18-2;2-1-3/h2,9,11,17-18,22,24-25,45,51H,6,8,10,12-16,19-21H2,1,3-5H3;18H,3-17H2,1-2H3;1H,(H,2,3)/t22-,24?,25?,40?;;/m0../s1. The van der Waals surface area contributed by atoms with Crippen LogP contribution < -0.4 is 25.0 Å². The Morgan fingerprint density at radius 3 is 2.20 bits per heavy atom. The van der Waals surface area contributed by atoms with E-state index in [0.717, 1.165) is 32.2 Å². The molecule has 5 heterocycles. The molecule has 0 bridgehead atoms. The Morgan fingerprint density at radius 1 is 0.960 bits per heavy atom. The van der Waals surface area contributed by atoms with Gasteiger partial charge < -0.3 is 35.2 Å². The number of carbonyl (C=O) groups is 2. The number of benzene rings is 2. The number of carboxylic acid groups (broad SMARTS) is 1. The molecule has 0 saturated carbocycles. The quantitative estimate of drug-likeness (QED) is 0.0204. The predicted octanol–water partition coefficient (Wildman–Crippen LogP) is 12.2. The van der Waals surface area contributed by atoms with Gasteiger partial charge in [-0.1, -0.05) is 109 Å². The first-order valence-electron chi connectivity index (χ1n) is 27.5. The zero-order valence-corrected chi connectivity index (χ0v) is 45.4. The summed E-state index contributed by atoms with van der Waals surface area (Å²) in [6.07, 6.45) is 30.4. The Bertz CT molecular complexity index is 2490. The molecule has 3 unspecified atom stereocenters. The Kier molecular flexibility index (Phi) is 24.1. The summed E-state index contributed by atoms with van der Waals surface area (Å²) >= 11 is 0. The van der Waals surface area contributed by atoms with E-state index in [0.29, 0.717) is 31.3 Å². The molecule has 17 heteroatoms. The number of hydrogen-bond acceptors (Lipinski definition) is 12. The molecular formula is C58H83F4N7O6. The van der Waals surface area contributed by atoms with Crippen molar-refractivity contribution in [3.63, 3.8) is 0 Å². The van der Waals surface area contributed by atoms with E-state index in [2.05, 4.69) is 45.3 Å². The zero-order chi connectivity index (χ0) is 54.5. The van der Waals surface area contributed by atoms with Gasteiger partial charge in [-0.25, -0.2) is 13.8 Å². The fraction of sp³-hybridized carbons (Fsp3) is 0.638. The van der Waals surface area contributed by atoms with Crippen molar-refractivity contribution in [2.45, 2.75) is 192 Å². The maximum atomic E-state index is 17.3. The van der Waals surface area contributed by atoms with Crippen molar-refractivity contribution in [2.75, 3.05) is 51.8 Å². The fourth-order valence-electron chi connectivity index (χ4n) is 11.1. The number of piperazine rings is 1. The summed E-state index contributed by atoms with van der Waals surface area (Å²) in [7, 11) is 3.41. The zero-order valence-electron chi connectivity index (χ0n) is 45.4. The topological polar surface area (TPSA) is 162 Å². The van der Waals surface area contributed by atoms with E-state index in [1.807, 2.05) is 18.9 Å². The molecule has 3 fully saturated rings. The number of hydrogen-bond donors (Lipinski definition) is 4. The van der Waals surface area contributed by atoms with Gasteiger partial charge in [0.25, 0.3) is 6.47 Å². The second kappa shape index (κ2) is 29.8. The van der Waals surface area contributed by atoms with Gasteiger partial charge in [-0.2, -0.15) is 18.7 Å². The Morgan fingerprint density at radius 2 is 1.60 bits per heavy atom. The maximum absolute atomic E-state index is 17.3. The first-order valence-corrected chi connectivity index (χ1v) is 27.5. The van der Waals surface area contributed by atoms with Crippen molar-refractivity contribution < 1.29 is 46.8 Å². The number of terminal acetylenes is 1. The minimum absolute atomic E-state index is 0.0314. The first-order chi connectivity index (χ1) is 36.1. The van der Waals surface area contributed by atoms with Gasteiger partial charge in [0.15, 0.2) is 5.82 Å². The lowest BCUT2D eigenvalue weighted by Crippen LogP contribution is -2.57. The van der Waals surface area contributed by atoms with Crippen LogP contribution in [0.2, 0.25) is 0 Å². The third-order valence-corrected chi connectivity index (χ3v) is 15.2. The third kappa shape index (κ3) is 16.4. The van der Waals surface area contributed by atoms with Gasteiger partial charge in [-0.3, -0.25) is 14.5 Å². The summed E-state index contributed by atoms with van der Waals surface area (Å²) in [6.45, 7) is 9.91. The van der Waals surface area contributed by atoms with Crippen molar-refractivity contribution in [3.05, 3.63) is 41.5 Å². The minimum Gasteiger partial charge on any atom is -0.508 e. The summed E-state index contributed by atoms with van der Waals surface area (Å²) in [5.41, 5.74) is -0.764. The van der Waals surface area contributed by atoms with Crippen LogP contribution in [0.4, 0.5) is 23.4 Å². The SMILES string of the molecule is C#Cc1c(F)ccc2cc(O)cc(-c3nc(OC)c4c(N5CC(CC)NC(CCC(=O)C(C)(F)F)C5)nc(OCC56CCCN5[C@@H](C)CC6)nc4c3F)c12.CCCCCCCCCCCCCCCCNC.O=CO. The Hall–Kier alpha value is -5.31. The van der Waals surface area contributed by atoms with Crippen LogP contribution in [0.5, 0.6) is 17.6 Å². The number of nitrogens with one attached hydrogen (secondary N) is 2. The lowest BCUT2D eigenvalue weighted by molar-refractivity contribution is -0.140. The molecule has 13 nitrogen and oxygen atoms in total. The summed E-state index contributed by atoms with van der Waals surface area (Å²) in [5.74, 6) is -3.84. The van der Waals surface area contributed by atoms with E-state index in [4.69, 9.17) is 30.8 Å². The summed E-state index contributed by atoms with van der Waals surface area (Å²) < 4.78 is 72.2. The molecular weight excluding hydrogens is 967 g/mol. The van der Waals surface area contributed by atoms with E-state index in [1.54, 1.807) is 0 Å². The Labute approximate surface area is 442 Å². The first kappa shape index (κ1) is 60.6. The van der Waals surface area contributed by atoms with E-state index in [1.165, 1.54) is 128 Å². The van der Waals surface area contributed by atoms with Crippen LogP contribution in [-0.2, 0) is 9.59 Å². The van der Waals surface area contributed by atoms with Crippen LogP contribution in [0.3, 0.4) is 0 Å². The molecule has 0 aliphatic carbocycles. The molecule has 0 amide bonds. The number of phenolic OH excluding ortho intramolecular Hbond substituents is 1. The highest BCUT2D eigenvalue weighted by Crippen LogP contribution is 2.45. The number of alkyl halides is 2. The van der Waals surface area contributed by atoms with Crippen LogP contribution in [0, 0.1) is 24.0 Å². The molecule has 3 aliphatic heterocycles. The van der Waals surface area contributed by atoms with Crippen molar-refractivity contribution in [1.82, 2.24) is 30.5 Å². The molecule has 4 aromatic rings. The summed E-state index contributed by atoms with van der Waals surface area (Å²) in [6, 6.07) is 5.10. The normalized spacial score (nSPS) is 19.5. The molecule has 0 radical (unpaired) electrons. The van der Waals surface area contributed by atoms with Crippen LogP contribution in [0.15, 0.2) is 24.3 Å². The number of methoxy groups -OCH3 is 1. The number of unbranched alkanes of at least 4 members (excludes halogenated alkanes) is 13. The van der Waals surface area contributed by atoms with Crippen LogP contribution in [0.25, 0.3) is 32.9 Å². The monoisotopic (exact) mass is 1050 g/mol. The number of phenols is 1. The molecule has 75 heavy (non-hydrogen) atoms. The molecule has 0 spiro atoms. The third-order valence-electron chi connectivity index (χ3n) is 15.2.